The van der Waals surface area contributed by atoms with Gasteiger partial charge >= 0.3 is 0 Å². The van der Waals surface area contributed by atoms with Gasteiger partial charge in [0.25, 0.3) is 11.5 Å². The van der Waals surface area contributed by atoms with Gasteiger partial charge in [0, 0.05) is 22.2 Å². The number of fused-ring (bicyclic) bond motifs is 1. The van der Waals surface area contributed by atoms with Gasteiger partial charge in [-0.15, -0.1) is 0 Å². The molecule has 5 aromatic rings. The molecule has 1 amide bonds. The number of hydrogen-bond acceptors (Lipinski definition) is 6. The van der Waals surface area contributed by atoms with Crippen LogP contribution in [0.3, 0.4) is 0 Å². The van der Waals surface area contributed by atoms with Crippen LogP contribution in [0.1, 0.15) is 35.5 Å². The van der Waals surface area contributed by atoms with Gasteiger partial charge in [0.15, 0.2) is 5.76 Å². The summed E-state index contributed by atoms with van der Waals surface area (Å²) in [5, 5.41) is 25.2. The van der Waals surface area contributed by atoms with Crippen LogP contribution in [0.2, 0.25) is 0 Å². The Hall–Kier alpha value is -4.56. The van der Waals surface area contributed by atoms with E-state index in [0.717, 1.165) is 16.5 Å². The van der Waals surface area contributed by atoms with Gasteiger partial charge in [0.05, 0.1) is 22.4 Å². The Morgan fingerprint density at radius 2 is 1.58 bits per heavy atom. The van der Waals surface area contributed by atoms with Crippen LogP contribution >= 0.6 is 0 Å². The first-order valence-electron chi connectivity index (χ1n) is 11.4. The van der Waals surface area contributed by atoms with E-state index in [-0.39, 0.29) is 11.5 Å². The highest BCUT2D eigenvalue weighted by Crippen LogP contribution is 2.30. The molecule has 0 aliphatic rings. The molecule has 36 heavy (non-hydrogen) atoms. The summed E-state index contributed by atoms with van der Waals surface area (Å²) in [5.74, 6) is 0.00325. The van der Waals surface area contributed by atoms with Crippen LogP contribution < -0.4 is 10.9 Å². The number of benzene rings is 3. The molecule has 0 atom stereocenters. The first-order valence-corrected chi connectivity index (χ1v) is 11.4. The summed E-state index contributed by atoms with van der Waals surface area (Å²) in [5.41, 5.74) is 3.05. The minimum Gasteiger partial charge on any atom is -0.386 e. The summed E-state index contributed by atoms with van der Waals surface area (Å²) in [6.07, 6.45) is 0. The van der Waals surface area contributed by atoms with Gasteiger partial charge in [-0.1, -0.05) is 59.8 Å². The Morgan fingerprint density at radius 1 is 0.944 bits per heavy atom. The largest absolute Gasteiger partial charge is 0.386 e. The number of aromatic amines is 1. The summed E-state index contributed by atoms with van der Waals surface area (Å²) < 4.78 is 5.48. The van der Waals surface area contributed by atoms with Gasteiger partial charge in [0.1, 0.15) is 5.56 Å². The number of nitrogens with one attached hydrogen (secondary N) is 2. The first-order chi connectivity index (χ1) is 17.2. The molecule has 0 aliphatic heterocycles. The monoisotopic (exact) mass is 480 g/mol. The van der Waals surface area contributed by atoms with Crippen LogP contribution in [-0.2, 0) is 5.60 Å². The number of nitrogens with zero attached hydrogens (tertiary/aromatic N) is 2. The number of rotatable bonds is 5. The molecule has 0 saturated heterocycles. The lowest BCUT2D eigenvalue weighted by Gasteiger charge is -2.17. The lowest BCUT2D eigenvalue weighted by atomic mass is 9.96. The van der Waals surface area contributed by atoms with Crippen molar-refractivity contribution in [1.82, 2.24) is 15.4 Å². The van der Waals surface area contributed by atoms with Crippen LogP contribution in [0.25, 0.3) is 33.4 Å². The number of hydrogen-bond donors (Lipinski definition) is 3. The van der Waals surface area contributed by atoms with Gasteiger partial charge in [-0.3, -0.25) is 9.59 Å². The van der Waals surface area contributed by atoms with E-state index in [0.29, 0.717) is 39.3 Å². The second-order valence-corrected chi connectivity index (χ2v) is 9.09. The highest BCUT2D eigenvalue weighted by Gasteiger charge is 2.23. The van der Waals surface area contributed by atoms with Gasteiger partial charge in [-0.05, 0) is 44.5 Å². The van der Waals surface area contributed by atoms with Crippen molar-refractivity contribution in [3.63, 3.8) is 0 Å². The lowest BCUT2D eigenvalue weighted by Crippen LogP contribution is -2.15. The zero-order valence-corrected chi connectivity index (χ0v) is 20.0. The van der Waals surface area contributed by atoms with Gasteiger partial charge in [-0.25, -0.2) is 5.10 Å². The van der Waals surface area contributed by atoms with E-state index in [2.05, 4.69) is 20.7 Å². The number of amides is 1. The molecule has 0 fully saturated rings. The van der Waals surface area contributed by atoms with E-state index in [1.54, 1.807) is 63.2 Å². The van der Waals surface area contributed by atoms with Crippen molar-refractivity contribution in [1.29, 1.82) is 0 Å². The number of anilines is 1. The predicted molar refractivity (Wildman–Crippen MR) is 138 cm³/mol. The number of H-pyrrole nitrogens is 1. The maximum Gasteiger partial charge on any atom is 0.272 e. The fourth-order valence-corrected chi connectivity index (χ4v) is 4.10. The fraction of sp³-hybridized carbons (Fsp3) is 0.143. The molecule has 0 unspecified atom stereocenters. The van der Waals surface area contributed by atoms with Crippen molar-refractivity contribution < 1.29 is 14.4 Å². The zero-order chi connectivity index (χ0) is 25.4. The first kappa shape index (κ1) is 23.2. The normalized spacial score (nSPS) is 11.6. The van der Waals surface area contributed by atoms with Crippen LogP contribution in [0.5, 0.6) is 0 Å². The van der Waals surface area contributed by atoms with Gasteiger partial charge in [0.2, 0.25) is 0 Å². The van der Waals surface area contributed by atoms with Crippen molar-refractivity contribution in [2.45, 2.75) is 26.4 Å². The molecule has 8 heteroatoms. The molecule has 3 aromatic carbocycles. The Morgan fingerprint density at radius 3 is 2.25 bits per heavy atom. The molecule has 8 nitrogen and oxygen atoms in total. The van der Waals surface area contributed by atoms with Crippen LogP contribution in [0, 0.1) is 6.92 Å². The van der Waals surface area contributed by atoms with Crippen molar-refractivity contribution in [3.05, 3.63) is 100.0 Å². The van der Waals surface area contributed by atoms with E-state index in [1.165, 1.54) is 0 Å². The molecule has 0 saturated carbocycles. The molecular weight excluding hydrogens is 456 g/mol. The summed E-state index contributed by atoms with van der Waals surface area (Å²) >= 11 is 0. The Kier molecular flexibility index (Phi) is 5.74. The molecular formula is C28H24N4O4. The maximum absolute atomic E-state index is 13.2. The van der Waals surface area contributed by atoms with E-state index < -0.39 is 5.60 Å². The van der Waals surface area contributed by atoms with Gasteiger partial charge < -0.3 is 14.9 Å². The van der Waals surface area contributed by atoms with E-state index in [4.69, 9.17) is 4.52 Å². The molecule has 0 bridgehead atoms. The molecule has 2 heterocycles. The van der Waals surface area contributed by atoms with Crippen molar-refractivity contribution in [2.75, 3.05) is 5.32 Å². The molecule has 0 radical (unpaired) electrons. The van der Waals surface area contributed by atoms with Crippen molar-refractivity contribution in [3.8, 4) is 22.6 Å². The molecule has 180 valence electrons. The van der Waals surface area contributed by atoms with Crippen molar-refractivity contribution in [2.24, 2.45) is 0 Å². The topological polar surface area (TPSA) is 121 Å². The third-order valence-electron chi connectivity index (χ3n) is 6.06. The van der Waals surface area contributed by atoms with Gasteiger partial charge in [-0.2, -0.15) is 5.10 Å². The SMILES string of the molecule is Cc1noc(-c2ccc(C(C)(C)O)cc2)c1C(=O)Nc1ccc(-c2n[nH]c(=O)c3ccccc23)cc1. The minimum atomic E-state index is -0.973. The quantitative estimate of drug-likeness (QED) is 0.324. The second kappa shape index (κ2) is 8.90. The molecule has 0 spiro atoms. The molecule has 2 aromatic heterocycles. The third-order valence-corrected chi connectivity index (χ3v) is 6.06. The highest BCUT2D eigenvalue weighted by molar-refractivity contribution is 6.08. The summed E-state index contributed by atoms with van der Waals surface area (Å²) in [7, 11) is 0. The van der Waals surface area contributed by atoms with Crippen LogP contribution in [-0.4, -0.2) is 26.4 Å². The number of aryl methyl sites for hydroxylation is 1. The Labute approximate surface area is 206 Å². The fourth-order valence-electron chi connectivity index (χ4n) is 4.10. The van der Waals surface area contributed by atoms with E-state index >= 15 is 0 Å². The average molecular weight is 481 g/mol. The van der Waals surface area contributed by atoms with Crippen LogP contribution in [0.15, 0.2) is 82.1 Å². The standard InChI is InChI=1S/C28H24N4O4/c1-16-23(25(36-32-16)18-8-12-19(13-9-18)28(2,3)35)27(34)29-20-14-10-17(11-15-20)24-21-6-4-5-7-22(21)26(33)31-30-24/h4-15,35H,1-3H3,(H,29,34)(H,31,33). The second-order valence-electron chi connectivity index (χ2n) is 9.09. The van der Waals surface area contributed by atoms with Crippen LogP contribution in [0.4, 0.5) is 5.69 Å². The summed E-state index contributed by atoms with van der Waals surface area (Å²) in [6, 6.07) is 21.7. The summed E-state index contributed by atoms with van der Waals surface area (Å²) in [6.45, 7) is 5.13. The number of carbonyl (C=O) groups excluding carboxylic acids is 1. The minimum absolute atomic E-state index is 0.243. The maximum atomic E-state index is 13.2. The number of carbonyl (C=O) groups is 1. The smallest absolute Gasteiger partial charge is 0.272 e. The van der Waals surface area contributed by atoms with E-state index in [1.807, 2.05) is 30.3 Å². The number of aromatic nitrogens is 3. The Bertz CT molecular complexity index is 1630. The molecule has 3 N–H and O–H groups in total. The highest BCUT2D eigenvalue weighted by atomic mass is 16.5. The average Bonchev–Trinajstić information content (AvgIpc) is 3.26. The predicted octanol–water partition coefficient (Wildman–Crippen LogP) is 5.03. The zero-order valence-electron chi connectivity index (χ0n) is 20.0. The Balaban J connectivity index is 1.41. The van der Waals surface area contributed by atoms with E-state index in [9.17, 15) is 14.7 Å². The lowest BCUT2D eigenvalue weighted by molar-refractivity contribution is 0.0786. The molecule has 0 aliphatic carbocycles. The molecule has 5 rings (SSSR count). The summed E-state index contributed by atoms with van der Waals surface area (Å²) in [4.78, 5) is 25.3. The van der Waals surface area contributed by atoms with Crippen molar-refractivity contribution >= 4 is 22.4 Å². The number of aliphatic hydroxyl groups is 1. The third kappa shape index (κ3) is 4.30.